The molecule has 4 nitrogen and oxygen atoms in total. The van der Waals surface area contributed by atoms with Crippen LogP contribution in [-0.4, -0.2) is 20.0 Å². The molecule has 6 heteroatoms. The second-order valence-electron chi connectivity index (χ2n) is 0.679. The number of hydrogen-bond acceptors (Lipinski definition) is 2. The molecule has 0 atom stereocenters. The minimum Gasteiger partial charge on any atom is -1.00 e. The van der Waals surface area contributed by atoms with Gasteiger partial charge in [0, 0.05) is 7.05 Å². The Hall–Kier alpha value is 0.870. The summed E-state index contributed by atoms with van der Waals surface area (Å²) in [6.45, 7) is 0. The predicted octanol–water partition coefficient (Wildman–Crippen LogP) is -3.87. The van der Waals surface area contributed by atoms with Gasteiger partial charge in [0.05, 0.1) is 0 Å². The third-order valence-corrected chi connectivity index (χ3v) is 0.774. The molecule has 0 rings (SSSR count). The van der Waals surface area contributed by atoms with Crippen molar-refractivity contribution in [1.29, 1.82) is 0 Å². The molecule has 7 heavy (non-hydrogen) atoms. The summed E-state index contributed by atoms with van der Waals surface area (Å²) < 4.78 is 28.2. The standard InChI is InChI=1S/CH5NO3S.Na.H/c1-2-6(3,4)5;;/h2H,1H3,(H,3,4,5);;/q;+1;-1. The van der Waals surface area contributed by atoms with Crippen LogP contribution in [-0.2, 0) is 10.3 Å². The first-order valence-corrected chi connectivity index (χ1v) is 2.66. The molecule has 0 saturated carbocycles. The molecule has 0 unspecified atom stereocenters. The van der Waals surface area contributed by atoms with Crippen LogP contribution in [0.25, 0.3) is 0 Å². The van der Waals surface area contributed by atoms with Gasteiger partial charge in [-0.05, 0) is 0 Å². The van der Waals surface area contributed by atoms with Crippen LogP contribution in [0.1, 0.15) is 1.43 Å². The van der Waals surface area contributed by atoms with Crippen LogP contribution in [0, 0.1) is 0 Å². The smallest absolute Gasteiger partial charge is 1.00 e. The van der Waals surface area contributed by atoms with E-state index in [9.17, 15) is 8.42 Å². The van der Waals surface area contributed by atoms with E-state index >= 15 is 0 Å². The van der Waals surface area contributed by atoms with Crippen molar-refractivity contribution >= 4 is 10.3 Å². The summed E-state index contributed by atoms with van der Waals surface area (Å²) in [7, 11) is -2.79. The minimum atomic E-state index is -3.91. The first-order valence-electron chi connectivity index (χ1n) is 1.22. The second-order valence-corrected chi connectivity index (χ2v) is 2.04. The summed E-state index contributed by atoms with van der Waals surface area (Å²) in [6, 6.07) is 0. The first-order chi connectivity index (χ1) is 2.56. The van der Waals surface area contributed by atoms with Crippen molar-refractivity contribution in [2.75, 3.05) is 7.05 Å². The molecule has 0 radical (unpaired) electrons. The SMILES string of the molecule is CNS(=O)(=O)O.[H-].[Na+]. The maximum atomic E-state index is 9.44. The fraction of sp³-hybridized carbons (Fsp3) is 1.00. The molecule has 0 saturated heterocycles. The first kappa shape index (κ1) is 10.8. The quantitative estimate of drug-likeness (QED) is 0.285. The van der Waals surface area contributed by atoms with Gasteiger partial charge in [-0.25, -0.2) is 0 Å². The van der Waals surface area contributed by atoms with Crippen LogP contribution in [0.2, 0.25) is 0 Å². The second kappa shape index (κ2) is 3.82. The summed E-state index contributed by atoms with van der Waals surface area (Å²) >= 11 is 0. The molecule has 0 aromatic heterocycles. The molecule has 0 aromatic rings. The average molecular weight is 135 g/mol. The maximum Gasteiger partial charge on any atom is 1.00 e. The summed E-state index contributed by atoms with van der Waals surface area (Å²) in [5.41, 5.74) is 0. The molecule has 40 valence electrons. The fourth-order valence-electron chi connectivity index (χ4n) is 0. The molecule has 0 bridgehead atoms. The largest absolute Gasteiger partial charge is 1.00 e. The number of hydrogen-bond donors (Lipinski definition) is 2. The van der Waals surface area contributed by atoms with Crippen LogP contribution < -0.4 is 34.3 Å². The molecule has 0 fully saturated rings. The Bertz CT molecular complexity index is 121. The summed E-state index contributed by atoms with van der Waals surface area (Å²) in [6.07, 6.45) is 0. The van der Waals surface area contributed by atoms with E-state index in [1.165, 1.54) is 0 Å². The van der Waals surface area contributed by atoms with E-state index in [1.807, 2.05) is 0 Å². The van der Waals surface area contributed by atoms with Crippen LogP contribution in [0.15, 0.2) is 0 Å². The molecule has 2 N–H and O–H groups in total. The van der Waals surface area contributed by atoms with Gasteiger partial charge >= 0.3 is 39.9 Å². The number of nitrogens with one attached hydrogen (secondary N) is 1. The van der Waals surface area contributed by atoms with Gasteiger partial charge in [0.1, 0.15) is 0 Å². The zero-order chi connectivity index (χ0) is 5.21. The number of rotatable bonds is 1. The van der Waals surface area contributed by atoms with Gasteiger partial charge in [0.2, 0.25) is 0 Å². The van der Waals surface area contributed by atoms with E-state index in [4.69, 9.17) is 4.55 Å². The van der Waals surface area contributed by atoms with Crippen LogP contribution >= 0.6 is 0 Å². The Kier molecular flexibility index (Phi) is 5.89. The molecular weight excluding hydrogens is 129 g/mol. The fourth-order valence-corrected chi connectivity index (χ4v) is 0. The third kappa shape index (κ3) is 10.9. The van der Waals surface area contributed by atoms with Crippen molar-refractivity contribution in [2.45, 2.75) is 0 Å². The third-order valence-electron chi connectivity index (χ3n) is 0.258. The van der Waals surface area contributed by atoms with Crippen molar-refractivity contribution in [1.82, 2.24) is 4.72 Å². The molecular formula is CH6NNaO3S. The van der Waals surface area contributed by atoms with E-state index in [-0.39, 0.29) is 31.0 Å². The van der Waals surface area contributed by atoms with Crippen LogP contribution in [0.3, 0.4) is 0 Å². The van der Waals surface area contributed by atoms with Gasteiger partial charge in [0.15, 0.2) is 0 Å². The van der Waals surface area contributed by atoms with Crippen molar-refractivity contribution in [2.24, 2.45) is 0 Å². The minimum absolute atomic E-state index is 0. The zero-order valence-corrected chi connectivity index (χ0v) is 6.99. The van der Waals surface area contributed by atoms with E-state index < -0.39 is 10.3 Å². The monoisotopic (exact) mass is 135 g/mol. The topological polar surface area (TPSA) is 66.4 Å². The van der Waals surface area contributed by atoms with Crippen molar-refractivity contribution in [3.05, 3.63) is 0 Å². The zero-order valence-electron chi connectivity index (χ0n) is 5.17. The molecule has 0 aromatic carbocycles. The van der Waals surface area contributed by atoms with E-state index in [2.05, 4.69) is 0 Å². The predicted molar refractivity (Wildman–Crippen MR) is 21.7 cm³/mol. The Morgan fingerprint density at radius 1 is 1.71 bits per heavy atom. The average Bonchev–Trinajstić information content (AvgIpc) is 1.35. The van der Waals surface area contributed by atoms with Crippen LogP contribution in [0.4, 0.5) is 0 Å². The van der Waals surface area contributed by atoms with Crippen molar-refractivity contribution in [3.8, 4) is 0 Å². The Labute approximate surface area is 66.0 Å². The van der Waals surface area contributed by atoms with Gasteiger partial charge in [-0.3, -0.25) is 4.55 Å². The normalized spacial score (nSPS) is 10.0. The van der Waals surface area contributed by atoms with Gasteiger partial charge in [-0.1, -0.05) is 0 Å². The summed E-state index contributed by atoms with van der Waals surface area (Å²) in [5.74, 6) is 0. The summed E-state index contributed by atoms with van der Waals surface area (Å²) in [5, 5.41) is 0. The Morgan fingerprint density at radius 2 is 1.86 bits per heavy atom. The molecule has 0 heterocycles. The maximum absolute atomic E-state index is 9.44. The van der Waals surface area contributed by atoms with Gasteiger partial charge in [-0.15, -0.1) is 0 Å². The van der Waals surface area contributed by atoms with Gasteiger partial charge in [0.25, 0.3) is 0 Å². The van der Waals surface area contributed by atoms with Gasteiger partial charge < -0.3 is 1.43 Å². The molecule has 0 spiro atoms. The van der Waals surface area contributed by atoms with Crippen molar-refractivity contribution < 1.29 is 44.0 Å². The molecule has 0 aliphatic rings. The molecule has 0 amide bonds. The molecule has 0 aliphatic carbocycles. The summed E-state index contributed by atoms with van der Waals surface area (Å²) in [4.78, 5) is 0. The Balaban J connectivity index is -0.000000125. The van der Waals surface area contributed by atoms with Crippen molar-refractivity contribution in [3.63, 3.8) is 0 Å². The van der Waals surface area contributed by atoms with E-state index in [0.29, 0.717) is 0 Å². The molecule has 0 aliphatic heterocycles. The van der Waals surface area contributed by atoms with E-state index in [0.717, 1.165) is 7.05 Å². The van der Waals surface area contributed by atoms with E-state index in [1.54, 1.807) is 4.72 Å². The Morgan fingerprint density at radius 3 is 1.86 bits per heavy atom. The van der Waals surface area contributed by atoms with Crippen LogP contribution in [0.5, 0.6) is 0 Å². The van der Waals surface area contributed by atoms with Gasteiger partial charge in [-0.2, -0.15) is 13.1 Å².